The predicted molar refractivity (Wildman–Crippen MR) is 87.0 cm³/mol. The Balaban J connectivity index is 1.87. The molecule has 0 unspecified atom stereocenters. The molecule has 2 heterocycles. The molecule has 1 aliphatic carbocycles. The van der Waals surface area contributed by atoms with Crippen LogP contribution in [-0.2, 0) is 13.0 Å². The molecule has 0 amide bonds. The number of aliphatic hydroxyl groups is 1. The number of aromatic amines is 1. The summed E-state index contributed by atoms with van der Waals surface area (Å²) >= 11 is 0. The maximum atomic E-state index is 9.32. The molecule has 0 bridgehead atoms. The summed E-state index contributed by atoms with van der Waals surface area (Å²) in [7, 11) is 1.55. The number of nitrogens with two attached hydrogens (primary N) is 1. The number of aromatic nitrogens is 3. The lowest BCUT2D eigenvalue weighted by atomic mass is 10.0. The quantitative estimate of drug-likeness (QED) is 0.688. The summed E-state index contributed by atoms with van der Waals surface area (Å²) in [6, 6.07) is 8.15. The fourth-order valence-electron chi connectivity index (χ4n) is 3.29. The van der Waals surface area contributed by atoms with Gasteiger partial charge < -0.3 is 20.6 Å². The van der Waals surface area contributed by atoms with E-state index in [0.717, 1.165) is 24.1 Å². The zero-order chi connectivity index (χ0) is 16.0. The number of nitrogens with one attached hydrogen (secondary N) is 1. The monoisotopic (exact) mass is 310 g/mol. The molecule has 6 heteroatoms. The molecule has 2 aromatic heterocycles. The normalized spacial score (nSPS) is 16.7. The van der Waals surface area contributed by atoms with Crippen LogP contribution < -0.4 is 10.5 Å². The van der Waals surface area contributed by atoms with E-state index in [2.05, 4.69) is 33.2 Å². The molecule has 118 valence electrons. The van der Waals surface area contributed by atoms with Gasteiger partial charge in [-0.25, -0.2) is 4.98 Å². The van der Waals surface area contributed by atoms with Crippen LogP contribution in [0.25, 0.3) is 22.3 Å². The first-order valence-electron chi connectivity index (χ1n) is 7.63. The van der Waals surface area contributed by atoms with Crippen molar-refractivity contribution in [1.29, 1.82) is 0 Å². The number of fused-ring (bicyclic) bond motifs is 3. The van der Waals surface area contributed by atoms with Gasteiger partial charge in [-0.2, -0.15) is 4.98 Å². The van der Waals surface area contributed by atoms with Crippen molar-refractivity contribution in [2.24, 2.45) is 5.73 Å². The number of methoxy groups -OCH3 is 1. The van der Waals surface area contributed by atoms with Gasteiger partial charge in [0.25, 0.3) is 0 Å². The van der Waals surface area contributed by atoms with Crippen LogP contribution >= 0.6 is 0 Å². The van der Waals surface area contributed by atoms with Gasteiger partial charge in [-0.3, -0.25) is 0 Å². The molecule has 4 rings (SSSR count). The van der Waals surface area contributed by atoms with Gasteiger partial charge in [0.05, 0.1) is 18.5 Å². The first-order chi connectivity index (χ1) is 11.2. The number of hydrogen-bond donors (Lipinski definition) is 3. The fourth-order valence-corrected chi connectivity index (χ4v) is 3.29. The zero-order valence-corrected chi connectivity index (χ0v) is 12.8. The van der Waals surface area contributed by atoms with E-state index in [1.165, 1.54) is 16.5 Å². The number of rotatable bonds is 3. The highest BCUT2D eigenvalue weighted by atomic mass is 16.5. The Morgan fingerprint density at radius 3 is 3.00 bits per heavy atom. The summed E-state index contributed by atoms with van der Waals surface area (Å²) in [5.41, 5.74) is 11.4. The Morgan fingerprint density at radius 1 is 1.35 bits per heavy atom. The van der Waals surface area contributed by atoms with Crippen LogP contribution in [0.5, 0.6) is 5.88 Å². The maximum Gasteiger partial charge on any atom is 0.217 e. The molecule has 23 heavy (non-hydrogen) atoms. The molecule has 0 saturated carbocycles. The molecule has 1 aromatic carbocycles. The van der Waals surface area contributed by atoms with Crippen LogP contribution in [-0.4, -0.2) is 27.2 Å². The third-order valence-electron chi connectivity index (χ3n) is 4.43. The number of aryl methyl sites for hydroxylation is 1. The van der Waals surface area contributed by atoms with Gasteiger partial charge >= 0.3 is 0 Å². The lowest BCUT2D eigenvalue weighted by Gasteiger charge is -2.04. The van der Waals surface area contributed by atoms with E-state index < -0.39 is 0 Å². The van der Waals surface area contributed by atoms with Crippen molar-refractivity contribution in [2.75, 3.05) is 7.11 Å². The van der Waals surface area contributed by atoms with E-state index in [0.29, 0.717) is 17.4 Å². The summed E-state index contributed by atoms with van der Waals surface area (Å²) in [6.07, 6.45) is 1.99. The largest absolute Gasteiger partial charge is 0.481 e. The second-order valence-electron chi connectivity index (χ2n) is 5.79. The maximum absolute atomic E-state index is 9.32. The van der Waals surface area contributed by atoms with E-state index in [9.17, 15) is 5.11 Å². The summed E-state index contributed by atoms with van der Waals surface area (Å²) < 4.78 is 5.19. The molecule has 1 aliphatic rings. The second kappa shape index (κ2) is 5.33. The van der Waals surface area contributed by atoms with E-state index >= 15 is 0 Å². The van der Waals surface area contributed by atoms with Crippen LogP contribution in [0.1, 0.15) is 29.4 Å². The number of ether oxygens (including phenoxy) is 1. The zero-order valence-electron chi connectivity index (χ0n) is 12.8. The lowest BCUT2D eigenvalue weighted by Crippen LogP contribution is -2.04. The van der Waals surface area contributed by atoms with Gasteiger partial charge in [0.2, 0.25) is 5.88 Å². The third kappa shape index (κ3) is 2.27. The van der Waals surface area contributed by atoms with Crippen molar-refractivity contribution in [1.82, 2.24) is 15.0 Å². The van der Waals surface area contributed by atoms with E-state index in [4.69, 9.17) is 10.5 Å². The van der Waals surface area contributed by atoms with Gasteiger partial charge in [0.15, 0.2) is 5.82 Å². The smallest absolute Gasteiger partial charge is 0.217 e. The molecule has 0 saturated heterocycles. The third-order valence-corrected chi connectivity index (χ3v) is 4.43. The molecule has 1 atom stereocenters. The van der Waals surface area contributed by atoms with Crippen molar-refractivity contribution >= 4 is 10.9 Å². The minimum absolute atomic E-state index is 0.132. The number of aliphatic hydroxyl groups excluding tert-OH is 1. The molecule has 0 fully saturated rings. The van der Waals surface area contributed by atoms with Gasteiger partial charge in [-0.15, -0.1) is 0 Å². The van der Waals surface area contributed by atoms with Crippen molar-refractivity contribution in [3.63, 3.8) is 0 Å². The van der Waals surface area contributed by atoms with Crippen LogP contribution in [0.3, 0.4) is 0 Å². The Morgan fingerprint density at radius 2 is 2.22 bits per heavy atom. The Hall–Kier alpha value is -2.44. The van der Waals surface area contributed by atoms with E-state index in [1.807, 2.05) is 0 Å². The minimum atomic E-state index is -0.227. The number of nitrogens with zero attached hydrogens (tertiary/aromatic N) is 2. The molecule has 0 aliphatic heterocycles. The first kappa shape index (κ1) is 14.2. The van der Waals surface area contributed by atoms with Crippen molar-refractivity contribution in [3.05, 3.63) is 41.2 Å². The Kier molecular flexibility index (Phi) is 3.28. The second-order valence-corrected chi connectivity index (χ2v) is 5.79. The summed E-state index contributed by atoms with van der Waals surface area (Å²) in [5, 5.41) is 10.5. The number of hydrogen-bond acceptors (Lipinski definition) is 5. The van der Waals surface area contributed by atoms with E-state index in [1.54, 1.807) is 13.2 Å². The molecule has 0 spiro atoms. The average molecular weight is 310 g/mol. The van der Waals surface area contributed by atoms with E-state index in [-0.39, 0.29) is 12.6 Å². The summed E-state index contributed by atoms with van der Waals surface area (Å²) in [4.78, 5) is 11.9. The van der Waals surface area contributed by atoms with Gasteiger partial charge in [-0.05, 0) is 36.1 Å². The average Bonchev–Trinajstić information content (AvgIpc) is 3.18. The fraction of sp³-hybridized carbons (Fsp3) is 0.294. The highest BCUT2D eigenvalue weighted by molar-refractivity contribution is 5.89. The van der Waals surface area contributed by atoms with Crippen LogP contribution in [0.2, 0.25) is 0 Å². The lowest BCUT2D eigenvalue weighted by molar-refractivity contribution is 0.268. The topological polar surface area (TPSA) is 97.0 Å². The standard InChI is InChI=1S/C17H18N4O2/c1-23-17-7-15(20-16(8-22)21-17)14-6-11-9-2-4-12(18)10(9)3-5-13(11)19-14/h3,5-7,12,19,22H,2,4,8,18H2,1H3/t12-/m1/s1. The van der Waals surface area contributed by atoms with Crippen molar-refractivity contribution in [2.45, 2.75) is 25.5 Å². The molecule has 6 nitrogen and oxygen atoms in total. The summed E-state index contributed by atoms with van der Waals surface area (Å²) in [6.45, 7) is -0.227. The Labute approximate surface area is 133 Å². The molecule has 0 radical (unpaired) electrons. The predicted octanol–water partition coefficient (Wildman–Crippen LogP) is 2.07. The van der Waals surface area contributed by atoms with Gasteiger partial charge in [-0.1, -0.05) is 6.07 Å². The van der Waals surface area contributed by atoms with Crippen molar-refractivity contribution in [3.8, 4) is 17.3 Å². The van der Waals surface area contributed by atoms with Crippen LogP contribution in [0.4, 0.5) is 0 Å². The molecular formula is C17H18N4O2. The highest BCUT2D eigenvalue weighted by Crippen LogP contribution is 2.36. The molecule has 4 N–H and O–H groups in total. The van der Waals surface area contributed by atoms with Crippen molar-refractivity contribution < 1.29 is 9.84 Å². The van der Waals surface area contributed by atoms with Crippen LogP contribution in [0, 0.1) is 0 Å². The number of H-pyrrole nitrogens is 1. The highest BCUT2D eigenvalue weighted by Gasteiger charge is 2.22. The Bertz CT molecular complexity index is 865. The minimum Gasteiger partial charge on any atom is -0.481 e. The molecular weight excluding hydrogens is 292 g/mol. The SMILES string of the molecule is COc1cc(-c2cc3c4c(ccc3[nH]2)[C@H](N)CC4)nc(CO)n1. The first-order valence-corrected chi connectivity index (χ1v) is 7.63. The summed E-state index contributed by atoms with van der Waals surface area (Å²) in [5.74, 6) is 0.773. The molecule has 3 aromatic rings. The van der Waals surface area contributed by atoms with Gasteiger partial charge in [0.1, 0.15) is 6.61 Å². The van der Waals surface area contributed by atoms with Gasteiger partial charge in [0, 0.05) is 23.0 Å². The van der Waals surface area contributed by atoms with Crippen LogP contribution in [0.15, 0.2) is 24.3 Å². The number of benzene rings is 1.